The van der Waals surface area contributed by atoms with Crippen LogP contribution in [0.3, 0.4) is 0 Å². The first kappa shape index (κ1) is 25.7. The predicted octanol–water partition coefficient (Wildman–Crippen LogP) is 4.16. The van der Waals surface area contributed by atoms with Crippen molar-refractivity contribution in [3.05, 3.63) is 63.7 Å². The fourth-order valence-corrected chi connectivity index (χ4v) is 4.83. The molecule has 1 fully saturated rings. The van der Waals surface area contributed by atoms with Crippen molar-refractivity contribution in [1.29, 1.82) is 0 Å². The van der Waals surface area contributed by atoms with Gasteiger partial charge in [0, 0.05) is 60.5 Å². The van der Waals surface area contributed by atoms with Gasteiger partial charge in [0.25, 0.3) is 5.91 Å². The van der Waals surface area contributed by atoms with E-state index in [1.807, 2.05) is 7.05 Å². The van der Waals surface area contributed by atoms with Gasteiger partial charge in [0.05, 0.1) is 16.4 Å². The van der Waals surface area contributed by atoms with Gasteiger partial charge < -0.3 is 10.2 Å². The Balaban J connectivity index is 1.81. The third kappa shape index (κ3) is 7.02. The van der Waals surface area contributed by atoms with Gasteiger partial charge in [-0.05, 0) is 54.6 Å². The lowest BCUT2D eigenvalue weighted by molar-refractivity contribution is -0.137. The Morgan fingerprint density at radius 3 is 2.45 bits per heavy atom. The molecule has 0 radical (unpaired) electrons. The zero-order valence-electron chi connectivity index (χ0n) is 18.5. The minimum atomic E-state index is -4.56. The molecule has 0 bridgehead atoms. The van der Waals surface area contributed by atoms with Gasteiger partial charge in [0.1, 0.15) is 0 Å². The number of carbonyl (C=O) groups is 1. The molecule has 0 saturated carbocycles. The molecule has 33 heavy (non-hydrogen) atoms. The Kier molecular flexibility index (Phi) is 8.55. The summed E-state index contributed by atoms with van der Waals surface area (Å²) in [7, 11) is 0.742. The van der Waals surface area contributed by atoms with E-state index in [-0.39, 0.29) is 12.1 Å². The minimum absolute atomic E-state index is 0.00447. The van der Waals surface area contributed by atoms with Crippen LogP contribution in [0.4, 0.5) is 13.2 Å². The molecule has 1 saturated heterocycles. The number of likely N-dealkylation sites (N-methyl/N-ethyl adjacent to an activating group) is 1. The second kappa shape index (κ2) is 11.0. The molecule has 10 heteroatoms. The largest absolute Gasteiger partial charge is 0.416 e. The van der Waals surface area contributed by atoms with Crippen LogP contribution in [0.25, 0.3) is 0 Å². The number of hydrogen-bond donors (Lipinski definition) is 1. The highest BCUT2D eigenvalue weighted by atomic mass is 35.5. The van der Waals surface area contributed by atoms with E-state index in [1.165, 1.54) is 6.07 Å². The average Bonchev–Trinajstić information content (AvgIpc) is 2.77. The molecule has 180 valence electrons. The molecular formula is C23H27ClF3N3O2S. The highest BCUT2D eigenvalue weighted by Crippen LogP contribution is 2.31. The molecule has 2 aromatic carbocycles. The Labute approximate surface area is 199 Å². The standard InChI is InChI=1S/C23H27ClF3N3O2S/c1-3-33(32)21-5-4-20(24)13-18(21)14-28-22(31)17-10-16(11-19(12-17)23(25,26)27)15-30-8-6-29(2)7-9-30/h4-5,10-13H,3,6-9,14-15H2,1-2H3,(H,28,31). The molecule has 2 aromatic rings. The average molecular weight is 502 g/mol. The van der Waals surface area contributed by atoms with E-state index in [4.69, 9.17) is 11.6 Å². The van der Waals surface area contributed by atoms with Crippen LogP contribution in [-0.2, 0) is 30.1 Å². The monoisotopic (exact) mass is 501 g/mol. The lowest BCUT2D eigenvalue weighted by atomic mass is 10.0. The van der Waals surface area contributed by atoms with Crippen LogP contribution < -0.4 is 5.32 Å². The normalized spacial score (nSPS) is 16.5. The van der Waals surface area contributed by atoms with Crippen LogP contribution in [0.2, 0.25) is 5.02 Å². The van der Waals surface area contributed by atoms with E-state index in [0.717, 1.165) is 38.3 Å². The Morgan fingerprint density at radius 2 is 1.82 bits per heavy atom. The van der Waals surface area contributed by atoms with Crippen LogP contribution in [0, 0.1) is 0 Å². The maximum absolute atomic E-state index is 13.5. The van der Waals surface area contributed by atoms with Crippen molar-refractivity contribution in [2.75, 3.05) is 39.0 Å². The Bertz CT molecular complexity index is 1020. The number of carbonyl (C=O) groups excluding carboxylic acids is 1. The van der Waals surface area contributed by atoms with Crippen molar-refractivity contribution in [2.24, 2.45) is 0 Å². The van der Waals surface area contributed by atoms with Crippen molar-refractivity contribution < 1.29 is 22.2 Å². The zero-order chi connectivity index (χ0) is 24.2. The number of rotatable bonds is 7. The molecule has 0 aromatic heterocycles. The lowest BCUT2D eigenvalue weighted by Crippen LogP contribution is -2.43. The summed E-state index contributed by atoms with van der Waals surface area (Å²) < 4.78 is 52.8. The molecule has 1 aliphatic heterocycles. The van der Waals surface area contributed by atoms with Crippen molar-refractivity contribution in [3.63, 3.8) is 0 Å². The molecule has 0 spiro atoms. The predicted molar refractivity (Wildman–Crippen MR) is 124 cm³/mol. The first-order valence-electron chi connectivity index (χ1n) is 10.6. The van der Waals surface area contributed by atoms with E-state index in [1.54, 1.807) is 25.1 Å². The van der Waals surface area contributed by atoms with Crippen molar-refractivity contribution in [1.82, 2.24) is 15.1 Å². The van der Waals surface area contributed by atoms with Gasteiger partial charge in [-0.1, -0.05) is 18.5 Å². The molecule has 1 N–H and O–H groups in total. The summed E-state index contributed by atoms with van der Waals surface area (Å²) >= 11 is 6.05. The number of nitrogens with zero attached hydrogens (tertiary/aromatic N) is 2. The van der Waals surface area contributed by atoms with Gasteiger partial charge in [0.15, 0.2) is 0 Å². The van der Waals surface area contributed by atoms with Crippen LogP contribution in [0.5, 0.6) is 0 Å². The molecule has 3 rings (SSSR count). The summed E-state index contributed by atoms with van der Waals surface area (Å²) in [4.78, 5) is 17.6. The number of amides is 1. The SMILES string of the molecule is CCS(=O)c1ccc(Cl)cc1CNC(=O)c1cc(CN2CCN(C)CC2)cc(C(F)(F)F)c1. The molecule has 1 aliphatic rings. The van der Waals surface area contributed by atoms with Crippen molar-refractivity contribution >= 4 is 28.3 Å². The second-order valence-electron chi connectivity index (χ2n) is 8.06. The van der Waals surface area contributed by atoms with Gasteiger partial charge in [-0.25, -0.2) is 0 Å². The maximum atomic E-state index is 13.5. The van der Waals surface area contributed by atoms with Gasteiger partial charge in [-0.2, -0.15) is 13.2 Å². The van der Waals surface area contributed by atoms with E-state index in [2.05, 4.69) is 15.1 Å². The molecule has 5 nitrogen and oxygen atoms in total. The molecule has 1 unspecified atom stereocenters. The van der Waals surface area contributed by atoms with Crippen LogP contribution in [0.1, 0.15) is 34.0 Å². The summed E-state index contributed by atoms with van der Waals surface area (Å²) in [5.41, 5.74) is 0.0969. The fourth-order valence-electron chi connectivity index (χ4n) is 3.68. The maximum Gasteiger partial charge on any atom is 0.416 e. The number of nitrogens with one attached hydrogen (secondary N) is 1. The van der Waals surface area contributed by atoms with Gasteiger partial charge in [-0.3, -0.25) is 13.9 Å². The minimum Gasteiger partial charge on any atom is -0.348 e. The summed E-state index contributed by atoms with van der Waals surface area (Å²) in [6, 6.07) is 8.34. The molecular weight excluding hydrogens is 475 g/mol. The van der Waals surface area contributed by atoms with E-state index >= 15 is 0 Å². The third-order valence-corrected chi connectivity index (χ3v) is 7.20. The molecule has 1 amide bonds. The molecule has 0 aliphatic carbocycles. The zero-order valence-corrected chi connectivity index (χ0v) is 20.1. The molecule has 1 atom stereocenters. The number of alkyl halides is 3. The third-order valence-electron chi connectivity index (χ3n) is 5.55. The van der Waals surface area contributed by atoms with Crippen LogP contribution >= 0.6 is 11.6 Å². The van der Waals surface area contributed by atoms with Crippen LogP contribution in [-0.4, -0.2) is 58.9 Å². The van der Waals surface area contributed by atoms with Gasteiger partial charge >= 0.3 is 6.18 Å². The van der Waals surface area contributed by atoms with Gasteiger partial charge in [-0.15, -0.1) is 0 Å². The number of benzene rings is 2. The number of halogens is 4. The first-order valence-corrected chi connectivity index (χ1v) is 12.3. The second-order valence-corrected chi connectivity index (χ2v) is 10.2. The van der Waals surface area contributed by atoms with Gasteiger partial charge in [0.2, 0.25) is 0 Å². The Morgan fingerprint density at radius 1 is 1.12 bits per heavy atom. The van der Waals surface area contributed by atoms with E-state index < -0.39 is 28.4 Å². The summed E-state index contributed by atoms with van der Waals surface area (Å²) in [5, 5.41) is 3.08. The van der Waals surface area contributed by atoms with E-state index in [9.17, 15) is 22.2 Å². The summed E-state index contributed by atoms with van der Waals surface area (Å²) in [6.07, 6.45) is -4.56. The molecule has 1 heterocycles. The topological polar surface area (TPSA) is 52.7 Å². The van der Waals surface area contributed by atoms with Crippen molar-refractivity contribution in [2.45, 2.75) is 31.1 Å². The smallest absolute Gasteiger partial charge is 0.348 e. The van der Waals surface area contributed by atoms with Crippen molar-refractivity contribution in [3.8, 4) is 0 Å². The van der Waals surface area contributed by atoms with Crippen LogP contribution in [0.15, 0.2) is 41.3 Å². The van der Waals surface area contributed by atoms with E-state index in [0.29, 0.717) is 33.3 Å². The first-order chi connectivity index (χ1) is 15.6. The Hall–Kier alpha value is -1.94. The highest BCUT2D eigenvalue weighted by Gasteiger charge is 2.32. The fraction of sp³-hybridized carbons (Fsp3) is 0.435. The summed E-state index contributed by atoms with van der Waals surface area (Å²) in [5.74, 6) is -0.236. The number of piperazine rings is 1. The number of hydrogen-bond acceptors (Lipinski definition) is 4. The lowest BCUT2D eigenvalue weighted by Gasteiger charge is -2.32. The summed E-state index contributed by atoms with van der Waals surface area (Å²) in [6.45, 7) is 5.30. The highest BCUT2D eigenvalue weighted by molar-refractivity contribution is 7.85. The quantitative estimate of drug-likeness (QED) is 0.619.